The zero-order chi connectivity index (χ0) is 30.1. The molecule has 2 nitrogen and oxygen atoms in total. The van der Waals surface area contributed by atoms with E-state index in [2.05, 4.69) is 163 Å². The Morgan fingerprint density at radius 3 is 2.09 bits per heavy atom. The van der Waals surface area contributed by atoms with Gasteiger partial charge in [-0.25, -0.2) is 0 Å². The average Bonchev–Trinajstić information content (AvgIpc) is 3.66. The molecule has 2 heteroatoms. The highest BCUT2D eigenvalue weighted by Crippen LogP contribution is 2.54. The molecule has 8 aromatic rings. The van der Waals surface area contributed by atoms with Gasteiger partial charge >= 0.3 is 0 Å². The highest BCUT2D eigenvalue weighted by atomic mass is 15.1. The topological polar surface area (TPSA) is 19.0 Å². The number of aromatic amines is 1. The summed E-state index contributed by atoms with van der Waals surface area (Å²) in [5.74, 6) is 0. The fourth-order valence-corrected chi connectivity index (χ4v) is 7.72. The Kier molecular flexibility index (Phi) is 5.73. The summed E-state index contributed by atoms with van der Waals surface area (Å²) >= 11 is 0. The van der Waals surface area contributed by atoms with Crippen molar-refractivity contribution in [3.8, 4) is 22.3 Å². The van der Waals surface area contributed by atoms with Crippen LogP contribution in [0.25, 0.3) is 54.8 Å². The van der Waals surface area contributed by atoms with Gasteiger partial charge in [-0.05, 0) is 82.4 Å². The molecule has 0 bridgehead atoms. The van der Waals surface area contributed by atoms with Gasteiger partial charge in [-0.3, -0.25) is 0 Å². The first-order valence-electron chi connectivity index (χ1n) is 15.8. The number of H-pyrrole nitrogens is 1. The minimum absolute atomic E-state index is 0.895. The van der Waals surface area contributed by atoms with Gasteiger partial charge in [0.2, 0.25) is 0 Å². The van der Waals surface area contributed by atoms with Crippen LogP contribution in [0.1, 0.15) is 22.3 Å². The molecule has 0 fully saturated rings. The smallest absolute Gasteiger partial charge is 0.0544 e. The predicted octanol–water partition coefficient (Wildman–Crippen LogP) is 11.8. The number of anilines is 3. The summed E-state index contributed by atoms with van der Waals surface area (Å²) < 4.78 is 0. The monoisotopic (exact) mass is 576 g/mol. The lowest BCUT2D eigenvalue weighted by Crippen LogP contribution is -2.15. The molecule has 0 saturated carbocycles. The maximum absolute atomic E-state index is 3.81. The summed E-state index contributed by atoms with van der Waals surface area (Å²) in [7, 11) is 0. The highest BCUT2D eigenvalue weighted by molar-refractivity contribution is 6.14. The van der Waals surface area contributed by atoms with Crippen LogP contribution in [0, 0.1) is 13.8 Å². The molecular formula is C43H32N2. The number of benzene rings is 7. The van der Waals surface area contributed by atoms with E-state index >= 15 is 0 Å². The Labute approximate surface area is 263 Å². The molecule has 0 aliphatic heterocycles. The van der Waals surface area contributed by atoms with Crippen molar-refractivity contribution < 1.29 is 0 Å². The van der Waals surface area contributed by atoms with Crippen LogP contribution < -0.4 is 4.90 Å². The van der Waals surface area contributed by atoms with E-state index in [-0.39, 0.29) is 0 Å². The second-order valence-electron chi connectivity index (χ2n) is 12.2. The normalized spacial score (nSPS) is 12.1. The Balaban J connectivity index is 1.41. The van der Waals surface area contributed by atoms with Gasteiger partial charge < -0.3 is 9.88 Å². The average molecular weight is 577 g/mol. The number of hydrogen-bond acceptors (Lipinski definition) is 1. The summed E-state index contributed by atoms with van der Waals surface area (Å²) in [6.07, 6.45) is 0.895. The van der Waals surface area contributed by atoms with Crippen LogP contribution >= 0.6 is 0 Å². The SMILES string of the molecule is Cc1c(C)c(N(c2ccccc2)c2cccc3ccccc23)c2c(c1-c1cccc3c1[nH]c1ccccc13)-c1ccccc1C2. The minimum atomic E-state index is 0.895. The number of hydrogen-bond donors (Lipinski definition) is 1. The van der Waals surface area contributed by atoms with Crippen molar-refractivity contribution in [1.82, 2.24) is 4.98 Å². The van der Waals surface area contributed by atoms with Crippen molar-refractivity contribution in [2.24, 2.45) is 0 Å². The number of rotatable bonds is 4. The zero-order valence-corrected chi connectivity index (χ0v) is 25.4. The Hall–Kier alpha value is -5.60. The molecule has 214 valence electrons. The molecule has 1 aromatic heterocycles. The summed E-state index contributed by atoms with van der Waals surface area (Å²) in [6, 6.07) is 50.7. The van der Waals surface area contributed by atoms with Crippen molar-refractivity contribution in [2.45, 2.75) is 20.3 Å². The first kappa shape index (κ1) is 25.9. The van der Waals surface area contributed by atoms with Crippen LogP contribution in [0.5, 0.6) is 0 Å². The molecule has 45 heavy (non-hydrogen) atoms. The van der Waals surface area contributed by atoms with Gasteiger partial charge in [0, 0.05) is 39.3 Å². The van der Waals surface area contributed by atoms with Gasteiger partial charge in [0.1, 0.15) is 0 Å². The van der Waals surface area contributed by atoms with E-state index in [0.717, 1.165) is 6.42 Å². The first-order valence-corrected chi connectivity index (χ1v) is 15.8. The fourth-order valence-electron chi connectivity index (χ4n) is 7.72. The van der Waals surface area contributed by atoms with E-state index in [0.29, 0.717) is 0 Å². The van der Waals surface area contributed by atoms with E-state index in [1.165, 1.54) is 94.1 Å². The summed E-state index contributed by atoms with van der Waals surface area (Å²) in [4.78, 5) is 6.32. The van der Waals surface area contributed by atoms with Crippen molar-refractivity contribution in [2.75, 3.05) is 4.90 Å². The van der Waals surface area contributed by atoms with E-state index in [1.807, 2.05) is 0 Å². The van der Waals surface area contributed by atoms with Gasteiger partial charge in [-0.1, -0.05) is 115 Å². The maximum atomic E-state index is 3.81. The summed E-state index contributed by atoms with van der Waals surface area (Å²) in [5, 5.41) is 5.03. The molecule has 1 aliphatic rings. The number of nitrogens with one attached hydrogen (secondary N) is 1. The van der Waals surface area contributed by atoms with Crippen LogP contribution in [0.2, 0.25) is 0 Å². The molecule has 7 aromatic carbocycles. The van der Waals surface area contributed by atoms with Crippen LogP contribution in [-0.4, -0.2) is 4.98 Å². The van der Waals surface area contributed by atoms with Crippen molar-refractivity contribution in [3.63, 3.8) is 0 Å². The maximum Gasteiger partial charge on any atom is 0.0544 e. The fraction of sp³-hybridized carbons (Fsp3) is 0.0698. The standard InChI is InChI=1S/C43H32N2/c1-27-28(2)43(45(31-17-4-3-5-18-31)39-25-12-16-29-14-6-8-19-32(29)39)37-26-30-15-7-9-20-33(30)41(37)40(27)36-23-13-22-35-34-21-10-11-24-38(34)44-42(35)36/h3-25,44H,26H2,1-2H3. The Bertz CT molecular complexity index is 2420. The molecule has 0 atom stereocenters. The quantitative estimate of drug-likeness (QED) is 0.221. The minimum Gasteiger partial charge on any atom is -0.354 e. The largest absolute Gasteiger partial charge is 0.354 e. The van der Waals surface area contributed by atoms with Crippen molar-refractivity contribution >= 4 is 49.6 Å². The third-order valence-electron chi connectivity index (χ3n) is 9.84. The highest BCUT2D eigenvalue weighted by Gasteiger charge is 2.32. The van der Waals surface area contributed by atoms with Crippen LogP contribution in [0.3, 0.4) is 0 Å². The molecule has 0 unspecified atom stereocenters. The molecule has 1 N–H and O–H groups in total. The van der Waals surface area contributed by atoms with E-state index in [1.54, 1.807) is 0 Å². The van der Waals surface area contributed by atoms with Crippen LogP contribution in [0.15, 0.2) is 140 Å². The molecule has 1 heterocycles. The number of fused-ring (bicyclic) bond motifs is 7. The van der Waals surface area contributed by atoms with Crippen molar-refractivity contribution in [1.29, 1.82) is 0 Å². The van der Waals surface area contributed by atoms with Gasteiger partial charge in [-0.2, -0.15) is 0 Å². The van der Waals surface area contributed by atoms with E-state index in [9.17, 15) is 0 Å². The van der Waals surface area contributed by atoms with Crippen LogP contribution in [-0.2, 0) is 6.42 Å². The summed E-state index contributed by atoms with van der Waals surface area (Å²) in [6.45, 7) is 4.65. The van der Waals surface area contributed by atoms with Crippen LogP contribution in [0.4, 0.5) is 17.1 Å². The lowest BCUT2D eigenvalue weighted by atomic mass is 9.85. The molecule has 0 saturated heterocycles. The molecular weight excluding hydrogens is 544 g/mol. The molecule has 9 rings (SSSR count). The molecule has 0 amide bonds. The number of para-hydroxylation sites is 3. The lowest BCUT2D eigenvalue weighted by Gasteiger charge is -2.32. The zero-order valence-electron chi connectivity index (χ0n) is 25.4. The first-order chi connectivity index (χ1) is 22.2. The van der Waals surface area contributed by atoms with Gasteiger partial charge in [0.15, 0.2) is 0 Å². The van der Waals surface area contributed by atoms with E-state index < -0.39 is 0 Å². The summed E-state index contributed by atoms with van der Waals surface area (Å²) in [5.41, 5.74) is 16.7. The molecule has 0 radical (unpaired) electrons. The second kappa shape index (κ2) is 9.97. The molecule has 0 spiro atoms. The third-order valence-corrected chi connectivity index (χ3v) is 9.84. The predicted molar refractivity (Wildman–Crippen MR) is 191 cm³/mol. The van der Waals surface area contributed by atoms with Gasteiger partial charge in [0.25, 0.3) is 0 Å². The molecule has 1 aliphatic carbocycles. The second-order valence-corrected chi connectivity index (χ2v) is 12.2. The van der Waals surface area contributed by atoms with Crippen molar-refractivity contribution in [3.05, 3.63) is 162 Å². The van der Waals surface area contributed by atoms with Gasteiger partial charge in [0.05, 0.1) is 16.9 Å². The van der Waals surface area contributed by atoms with E-state index in [4.69, 9.17) is 0 Å². The Morgan fingerprint density at radius 1 is 0.533 bits per heavy atom. The Morgan fingerprint density at radius 2 is 1.20 bits per heavy atom. The number of nitrogens with zero attached hydrogens (tertiary/aromatic N) is 1. The number of aromatic nitrogens is 1. The third kappa shape index (κ3) is 3.82. The lowest BCUT2D eigenvalue weighted by molar-refractivity contribution is 1.17. The van der Waals surface area contributed by atoms with Gasteiger partial charge in [-0.15, -0.1) is 0 Å².